The Labute approximate surface area is 127 Å². The Hall–Kier alpha value is -2.41. The van der Waals surface area contributed by atoms with Gasteiger partial charge in [0.25, 0.3) is 0 Å². The third-order valence-corrected chi connectivity index (χ3v) is 3.91. The van der Waals surface area contributed by atoms with Gasteiger partial charge in [0.15, 0.2) is 5.82 Å². The van der Waals surface area contributed by atoms with Gasteiger partial charge in [-0.15, -0.1) is 0 Å². The van der Waals surface area contributed by atoms with Gasteiger partial charge in [-0.2, -0.15) is 4.98 Å². The highest BCUT2D eigenvalue weighted by Gasteiger charge is 2.36. The number of nitrogens with one attached hydrogen (secondary N) is 1. The molecule has 1 amide bonds. The van der Waals surface area contributed by atoms with Crippen LogP contribution in [-0.4, -0.2) is 23.2 Å². The molecule has 1 aliphatic rings. The van der Waals surface area contributed by atoms with Crippen LogP contribution in [0.1, 0.15) is 42.2 Å². The number of amides is 1. The SMILES string of the molecule is COc1ccc(NC(=O)c2nc(C3(N)CCCC3)no2)cc1. The van der Waals surface area contributed by atoms with Crippen molar-refractivity contribution in [3.8, 4) is 5.75 Å². The van der Waals surface area contributed by atoms with Crippen molar-refractivity contribution >= 4 is 11.6 Å². The monoisotopic (exact) mass is 302 g/mol. The Kier molecular flexibility index (Phi) is 3.81. The van der Waals surface area contributed by atoms with Crippen molar-refractivity contribution in [1.82, 2.24) is 10.1 Å². The Bertz CT molecular complexity index is 660. The molecule has 116 valence electrons. The number of hydrogen-bond acceptors (Lipinski definition) is 6. The van der Waals surface area contributed by atoms with E-state index in [9.17, 15) is 4.79 Å². The molecular weight excluding hydrogens is 284 g/mol. The summed E-state index contributed by atoms with van der Waals surface area (Å²) < 4.78 is 10.1. The van der Waals surface area contributed by atoms with Crippen LogP contribution in [0.4, 0.5) is 5.69 Å². The van der Waals surface area contributed by atoms with Crippen LogP contribution in [-0.2, 0) is 5.54 Å². The van der Waals surface area contributed by atoms with Crippen LogP contribution < -0.4 is 15.8 Å². The first-order chi connectivity index (χ1) is 10.6. The van der Waals surface area contributed by atoms with E-state index in [1.165, 1.54) is 0 Å². The third-order valence-electron chi connectivity index (χ3n) is 3.91. The Morgan fingerprint density at radius 1 is 1.32 bits per heavy atom. The van der Waals surface area contributed by atoms with Crippen LogP contribution >= 0.6 is 0 Å². The second-order valence-corrected chi connectivity index (χ2v) is 5.47. The van der Waals surface area contributed by atoms with E-state index in [0.29, 0.717) is 17.3 Å². The molecule has 0 bridgehead atoms. The van der Waals surface area contributed by atoms with Crippen molar-refractivity contribution in [2.24, 2.45) is 5.73 Å². The molecule has 1 aromatic carbocycles. The van der Waals surface area contributed by atoms with E-state index in [1.54, 1.807) is 31.4 Å². The number of hydrogen-bond donors (Lipinski definition) is 2. The lowest BCUT2D eigenvalue weighted by molar-refractivity contribution is 0.0981. The maximum Gasteiger partial charge on any atom is 0.316 e. The van der Waals surface area contributed by atoms with Crippen LogP contribution in [0.5, 0.6) is 5.75 Å². The minimum Gasteiger partial charge on any atom is -0.497 e. The van der Waals surface area contributed by atoms with Crippen LogP contribution in [0.15, 0.2) is 28.8 Å². The quantitative estimate of drug-likeness (QED) is 0.896. The molecule has 1 saturated carbocycles. The molecule has 3 rings (SSSR count). The van der Waals surface area contributed by atoms with Gasteiger partial charge in [0.05, 0.1) is 12.6 Å². The van der Waals surface area contributed by atoms with Gasteiger partial charge in [-0.05, 0) is 37.1 Å². The van der Waals surface area contributed by atoms with E-state index in [-0.39, 0.29) is 5.89 Å². The summed E-state index contributed by atoms with van der Waals surface area (Å²) in [4.78, 5) is 16.3. The van der Waals surface area contributed by atoms with Gasteiger partial charge in [-0.3, -0.25) is 4.79 Å². The van der Waals surface area contributed by atoms with Gasteiger partial charge in [0.1, 0.15) is 5.75 Å². The molecule has 7 heteroatoms. The van der Waals surface area contributed by atoms with Crippen molar-refractivity contribution in [2.45, 2.75) is 31.2 Å². The van der Waals surface area contributed by atoms with Gasteiger partial charge in [-0.1, -0.05) is 18.0 Å². The predicted molar refractivity (Wildman–Crippen MR) is 79.6 cm³/mol. The fourth-order valence-corrected chi connectivity index (χ4v) is 2.61. The first kappa shape index (κ1) is 14.5. The Balaban J connectivity index is 1.71. The zero-order valence-corrected chi connectivity index (χ0v) is 12.3. The number of rotatable bonds is 4. The predicted octanol–water partition coefficient (Wildman–Crippen LogP) is 2.06. The number of carbonyl (C=O) groups is 1. The second-order valence-electron chi connectivity index (χ2n) is 5.47. The average Bonchev–Trinajstić information content (AvgIpc) is 3.18. The number of anilines is 1. The molecule has 0 spiro atoms. The molecule has 0 unspecified atom stereocenters. The fourth-order valence-electron chi connectivity index (χ4n) is 2.61. The van der Waals surface area contributed by atoms with Gasteiger partial charge < -0.3 is 20.3 Å². The molecule has 7 nitrogen and oxygen atoms in total. The maximum absolute atomic E-state index is 12.1. The van der Waals surface area contributed by atoms with E-state index < -0.39 is 11.4 Å². The summed E-state index contributed by atoms with van der Waals surface area (Å²) >= 11 is 0. The van der Waals surface area contributed by atoms with Crippen LogP contribution in [0.25, 0.3) is 0 Å². The smallest absolute Gasteiger partial charge is 0.316 e. The number of nitrogens with two attached hydrogens (primary N) is 1. The first-order valence-electron chi connectivity index (χ1n) is 7.19. The topological polar surface area (TPSA) is 103 Å². The highest BCUT2D eigenvalue weighted by molar-refractivity contribution is 6.00. The zero-order valence-electron chi connectivity index (χ0n) is 12.3. The molecule has 0 atom stereocenters. The molecule has 0 aliphatic heterocycles. The van der Waals surface area contributed by atoms with E-state index in [2.05, 4.69) is 15.5 Å². The molecule has 1 heterocycles. The lowest BCUT2D eigenvalue weighted by Gasteiger charge is -2.17. The summed E-state index contributed by atoms with van der Waals surface area (Å²) in [7, 11) is 1.58. The number of nitrogens with zero attached hydrogens (tertiary/aromatic N) is 2. The molecule has 3 N–H and O–H groups in total. The van der Waals surface area contributed by atoms with Crippen molar-refractivity contribution in [2.75, 3.05) is 12.4 Å². The molecule has 0 radical (unpaired) electrons. The normalized spacial score (nSPS) is 16.5. The third kappa shape index (κ3) is 2.80. The maximum atomic E-state index is 12.1. The molecule has 1 aliphatic carbocycles. The number of carbonyl (C=O) groups excluding carboxylic acids is 1. The number of aromatic nitrogens is 2. The summed E-state index contributed by atoms with van der Waals surface area (Å²) in [5.74, 6) is 0.585. The fraction of sp³-hybridized carbons (Fsp3) is 0.400. The van der Waals surface area contributed by atoms with E-state index in [0.717, 1.165) is 25.7 Å². The van der Waals surface area contributed by atoms with Gasteiger partial charge in [-0.25, -0.2) is 0 Å². The molecule has 1 fully saturated rings. The lowest BCUT2D eigenvalue weighted by atomic mass is 9.99. The number of ether oxygens (including phenoxy) is 1. The minimum absolute atomic E-state index is 0.0810. The summed E-state index contributed by atoms with van der Waals surface area (Å²) in [6, 6.07) is 6.97. The number of benzene rings is 1. The average molecular weight is 302 g/mol. The standard InChI is InChI=1S/C15H18N4O3/c1-21-11-6-4-10(5-7-11)17-12(20)13-18-14(19-22-13)15(16)8-2-3-9-15/h4-7H,2-3,8-9,16H2,1H3,(H,17,20). The summed E-state index contributed by atoms with van der Waals surface area (Å²) in [5, 5.41) is 6.56. The largest absolute Gasteiger partial charge is 0.497 e. The Morgan fingerprint density at radius 2 is 2.00 bits per heavy atom. The van der Waals surface area contributed by atoms with Gasteiger partial charge in [0.2, 0.25) is 0 Å². The first-order valence-corrected chi connectivity index (χ1v) is 7.19. The second kappa shape index (κ2) is 5.76. The summed E-state index contributed by atoms with van der Waals surface area (Å²) in [5.41, 5.74) is 6.30. The molecule has 22 heavy (non-hydrogen) atoms. The van der Waals surface area contributed by atoms with E-state index >= 15 is 0 Å². The lowest BCUT2D eigenvalue weighted by Crippen LogP contribution is -2.34. The Morgan fingerprint density at radius 3 is 2.64 bits per heavy atom. The highest BCUT2D eigenvalue weighted by Crippen LogP contribution is 2.34. The molecule has 1 aromatic heterocycles. The van der Waals surface area contributed by atoms with Crippen LogP contribution in [0.2, 0.25) is 0 Å². The highest BCUT2D eigenvalue weighted by atomic mass is 16.5. The minimum atomic E-state index is -0.567. The zero-order chi connectivity index (χ0) is 15.6. The van der Waals surface area contributed by atoms with Crippen molar-refractivity contribution in [1.29, 1.82) is 0 Å². The van der Waals surface area contributed by atoms with Crippen molar-refractivity contribution < 1.29 is 14.1 Å². The summed E-state index contributed by atoms with van der Waals surface area (Å²) in [6.07, 6.45) is 3.70. The van der Waals surface area contributed by atoms with Crippen LogP contribution in [0.3, 0.4) is 0 Å². The van der Waals surface area contributed by atoms with Crippen molar-refractivity contribution in [3.63, 3.8) is 0 Å². The van der Waals surface area contributed by atoms with Gasteiger partial charge >= 0.3 is 11.8 Å². The van der Waals surface area contributed by atoms with E-state index in [4.69, 9.17) is 15.0 Å². The van der Waals surface area contributed by atoms with Gasteiger partial charge in [0, 0.05) is 5.69 Å². The van der Waals surface area contributed by atoms with E-state index in [1.807, 2.05) is 0 Å². The van der Waals surface area contributed by atoms with Crippen LogP contribution in [0, 0.1) is 0 Å². The van der Waals surface area contributed by atoms with Crippen molar-refractivity contribution in [3.05, 3.63) is 36.0 Å². The molecule has 2 aromatic rings. The summed E-state index contributed by atoms with van der Waals surface area (Å²) in [6.45, 7) is 0. The molecule has 0 saturated heterocycles. The number of methoxy groups -OCH3 is 1. The molecular formula is C15H18N4O3.